The summed E-state index contributed by atoms with van der Waals surface area (Å²) in [4.78, 5) is 21.6. The molecule has 2 saturated heterocycles. The monoisotopic (exact) mass is 391 g/mol. The molecule has 0 bridgehead atoms. The number of hydrogen-bond acceptors (Lipinski definition) is 8. The summed E-state index contributed by atoms with van der Waals surface area (Å²) in [6.07, 6.45) is 5.41. The summed E-state index contributed by atoms with van der Waals surface area (Å²) in [7, 11) is 0. The number of rotatable bonds is 6. The number of tetrazole rings is 1. The van der Waals surface area contributed by atoms with Gasteiger partial charge in [-0.25, -0.2) is 9.67 Å². The smallest absolute Gasteiger partial charge is 0.225 e. The van der Waals surface area contributed by atoms with Crippen molar-refractivity contribution in [3.63, 3.8) is 0 Å². The van der Waals surface area contributed by atoms with Gasteiger partial charge in [0.2, 0.25) is 5.91 Å². The van der Waals surface area contributed by atoms with Gasteiger partial charge in [0, 0.05) is 37.6 Å². The molecule has 1 atom stereocenters. The number of aryl methyl sites for hydroxylation is 1. The van der Waals surface area contributed by atoms with Crippen molar-refractivity contribution in [3.05, 3.63) is 22.4 Å². The maximum Gasteiger partial charge on any atom is 0.225 e. The highest BCUT2D eigenvalue weighted by Crippen LogP contribution is 2.32. The second-order valence-corrected chi connectivity index (χ2v) is 7.85. The molecule has 2 aromatic heterocycles. The molecule has 0 saturated carbocycles. The van der Waals surface area contributed by atoms with Gasteiger partial charge in [0.05, 0.1) is 32.3 Å². The molecule has 0 aromatic carbocycles. The Labute approximate surface area is 162 Å². The zero-order chi connectivity index (χ0) is 18.5. The number of ether oxygens (including phenoxy) is 1. The summed E-state index contributed by atoms with van der Waals surface area (Å²) in [6.45, 7) is 5.26. The van der Waals surface area contributed by atoms with Gasteiger partial charge in [-0.05, 0) is 29.7 Å². The maximum absolute atomic E-state index is 12.9. The molecule has 0 aliphatic carbocycles. The fourth-order valence-electron chi connectivity index (χ4n) is 3.70. The van der Waals surface area contributed by atoms with E-state index in [0.717, 1.165) is 62.9 Å². The summed E-state index contributed by atoms with van der Waals surface area (Å²) in [5, 5.41) is 15.1. The highest BCUT2D eigenvalue weighted by molar-refractivity contribution is 7.09. The largest absolute Gasteiger partial charge is 0.379 e. The molecule has 0 unspecified atom stereocenters. The first kappa shape index (κ1) is 18.5. The van der Waals surface area contributed by atoms with Gasteiger partial charge in [-0.2, -0.15) is 0 Å². The van der Waals surface area contributed by atoms with Crippen molar-refractivity contribution < 1.29 is 9.53 Å². The van der Waals surface area contributed by atoms with Gasteiger partial charge in [-0.3, -0.25) is 9.69 Å². The molecule has 2 fully saturated rings. The van der Waals surface area contributed by atoms with Crippen molar-refractivity contribution in [1.29, 1.82) is 0 Å². The van der Waals surface area contributed by atoms with Gasteiger partial charge < -0.3 is 9.64 Å². The Morgan fingerprint density at radius 1 is 1.26 bits per heavy atom. The van der Waals surface area contributed by atoms with Crippen LogP contribution in [-0.4, -0.2) is 73.7 Å². The van der Waals surface area contributed by atoms with Crippen LogP contribution >= 0.6 is 11.3 Å². The first-order chi connectivity index (χ1) is 13.3. The van der Waals surface area contributed by atoms with Crippen LogP contribution in [-0.2, 0) is 22.6 Å². The predicted octanol–water partition coefficient (Wildman–Crippen LogP) is 1.11. The Balaban J connectivity index is 1.35. The average Bonchev–Trinajstić information content (AvgIpc) is 3.39. The zero-order valence-corrected chi connectivity index (χ0v) is 16.2. The van der Waals surface area contributed by atoms with E-state index >= 15 is 0 Å². The number of aromatic nitrogens is 5. The number of likely N-dealkylation sites (tertiary alicyclic amines) is 1. The van der Waals surface area contributed by atoms with Gasteiger partial charge in [-0.15, -0.1) is 16.4 Å². The molecular formula is C17H25N7O2S. The van der Waals surface area contributed by atoms with Crippen LogP contribution in [0.4, 0.5) is 0 Å². The van der Waals surface area contributed by atoms with E-state index in [9.17, 15) is 4.79 Å². The lowest BCUT2D eigenvalue weighted by atomic mass is 10.0. The van der Waals surface area contributed by atoms with E-state index in [1.165, 1.54) is 0 Å². The summed E-state index contributed by atoms with van der Waals surface area (Å²) in [6, 6.07) is 0.118. The molecule has 4 heterocycles. The lowest BCUT2D eigenvalue weighted by Gasteiger charge is -2.34. The minimum absolute atomic E-state index is 0.118. The summed E-state index contributed by atoms with van der Waals surface area (Å²) in [5.41, 5.74) is 0. The van der Waals surface area contributed by atoms with Crippen LogP contribution in [0.25, 0.3) is 0 Å². The van der Waals surface area contributed by atoms with E-state index in [2.05, 4.69) is 25.4 Å². The normalized spacial score (nSPS) is 21.5. The molecule has 4 rings (SSSR count). The number of thiazole rings is 1. The first-order valence-electron chi connectivity index (χ1n) is 9.55. The van der Waals surface area contributed by atoms with E-state index < -0.39 is 0 Å². The fraction of sp³-hybridized carbons (Fsp3) is 0.706. The number of piperidine rings is 1. The quantitative estimate of drug-likeness (QED) is 0.728. The number of nitrogens with zero attached hydrogens (tertiary/aromatic N) is 7. The molecule has 2 aliphatic heterocycles. The number of carbonyl (C=O) groups is 1. The molecule has 0 radical (unpaired) electrons. The van der Waals surface area contributed by atoms with E-state index in [1.807, 2.05) is 16.5 Å². The van der Waals surface area contributed by atoms with Crippen LogP contribution in [0.3, 0.4) is 0 Å². The van der Waals surface area contributed by atoms with Gasteiger partial charge >= 0.3 is 0 Å². The molecule has 0 spiro atoms. The molecule has 10 heteroatoms. The second kappa shape index (κ2) is 8.85. The first-order valence-corrected chi connectivity index (χ1v) is 10.4. The molecule has 9 nitrogen and oxygen atoms in total. The van der Waals surface area contributed by atoms with Gasteiger partial charge in [0.25, 0.3) is 0 Å². The zero-order valence-electron chi connectivity index (χ0n) is 15.4. The van der Waals surface area contributed by atoms with Crippen molar-refractivity contribution in [2.45, 2.75) is 44.8 Å². The molecule has 1 amide bonds. The third-order valence-electron chi connectivity index (χ3n) is 5.17. The molecule has 2 aliphatic rings. The minimum Gasteiger partial charge on any atom is -0.379 e. The van der Waals surface area contributed by atoms with Crippen molar-refractivity contribution >= 4 is 17.2 Å². The van der Waals surface area contributed by atoms with E-state index in [1.54, 1.807) is 16.0 Å². The van der Waals surface area contributed by atoms with Crippen LogP contribution in [0.1, 0.15) is 42.6 Å². The van der Waals surface area contributed by atoms with E-state index in [4.69, 9.17) is 4.74 Å². The Kier molecular flexibility index (Phi) is 6.05. The molecule has 146 valence electrons. The van der Waals surface area contributed by atoms with Crippen LogP contribution < -0.4 is 0 Å². The Morgan fingerprint density at radius 2 is 2.15 bits per heavy atom. The number of carbonyl (C=O) groups excluding carboxylic acids is 1. The topological polar surface area (TPSA) is 89.3 Å². The summed E-state index contributed by atoms with van der Waals surface area (Å²) in [5.74, 6) is 0.961. The minimum atomic E-state index is 0.118. The molecular weight excluding hydrogens is 366 g/mol. The van der Waals surface area contributed by atoms with Gasteiger partial charge in [0.1, 0.15) is 5.01 Å². The predicted molar refractivity (Wildman–Crippen MR) is 98.9 cm³/mol. The van der Waals surface area contributed by atoms with Crippen molar-refractivity contribution in [2.75, 3.05) is 32.8 Å². The van der Waals surface area contributed by atoms with E-state index in [-0.39, 0.29) is 11.9 Å². The fourth-order valence-corrected chi connectivity index (χ4v) is 4.49. The van der Waals surface area contributed by atoms with Crippen LogP contribution in [0, 0.1) is 0 Å². The Morgan fingerprint density at radius 3 is 2.96 bits per heavy atom. The maximum atomic E-state index is 12.9. The molecule has 2 aromatic rings. The van der Waals surface area contributed by atoms with Crippen LogP contribution in [0.5, 0.6) is 0 Å². The summed E-state index contributed by atoms with van der Waals surface area (Å²) < 4.78 is 7.14. The van der Waals surface area contributed by atoms with Crippen molar-refractivity contribution in [3.8, 4) is 0 Å². The molecule has 0 N–H and O–H groups in total. The van der Waals surface area contributed by atoms with Crippen molar-refractivity contribution in [2.24, 2.45) is 0 Å². The van der Waals surface area contributed by atoms with Gasteiger partial charge in [-0.1, -0.05) is 0 Å². The van der Waals surface area contributed by atoms with Crippen LogP contribution in [0.15, 0.2) is 11.6 Å². The van der Waals surface area contributed by atoms with Crippen LogP contribution in [0.2, 0.25) is 0 Å². The Bertz CT molecular complexity index is 729. The number of morpholine rings is 1. The lowest BCUT2D eigenvalue weighted by molar-refractivity contribution is -0.135. The van der Waals surface area contributed by atoms with E-state index in [0.29, 0.717) is 19.5 Å². The molecule has 27 heavy (non-hydrogen) atoms. The Hall–Kier alpha value is -1.91. The highest BCUT2D eigenvalue weighted by Gasteiger charge is 2.29. The average molecular weight is 392 g/mol. The third kappa shape index (κ3) is 4.50. The number of amides is 1. The van der Waals surface area contributed by atoms with Crippen molar-refractivity contribution in [1.82, 2.24) is 35.0 Å². The lowest BCUT2D eigenvalue weighted by Crippen LogP contribution is -2.39. The number of hydrogen-bond donors (Lipinski definition) is 0. The summed E-state index contributed by atoms with van der Waals surface area (Å²) >= 11 is 1.63. The standard InChI is InChI=1S/C17H25N7O2S/c25-16(23-6-2-1-3-14(23)17-18-5-12-27-17)4-7-24-15(19-20-21-24)13-22-8-10-26-11-9-22/h5,12,14H,1-4,6-11,13H2/t14-/m1/s1. The SMILES string of the molecule is O=C(CCn1nnnc1CN1CCOCC1)N1CCCC[C@@H]1c1nccs1. The highest BCUT2D eigenvalue weighted by atomic mass is 32.1. The second-order valence-electron chi connectivity index (χ2n) is 6.93. The van der Waals surface area contributed by atoms with Gasteiger partial charge in [0.15, 0.2) is 5.82 Å². The third-order valence-corrected chi connectivity index (χ3v) is 6.05.